The molecule has 0 aromatic heterocycles. The Morgan fingerprint density at radius 3 is 2.04 bits per heavy atom. The van der Waals surface area contributed by atoms with Crippen LogP contribution in [-0.2, 0) is 0 Å². The molecule has 2 aromatic carbocycles. The van der Waals surface area contributed by atoms with Crippen molar-refractivity contribution in [2.45, 2.75) is 25.5 Å². The van der Waals surface area contributed by atoms with E-state index in [1.807, 2.05) is 42.6 Å². The van der Waals surface area contributed by atoms with Gasteiger partial charge in [-0.05, 0) is 110 Å². The van der Waals surface area contributed by atoms with Crippen LogP contribution in [0.5, 0.6) is 5.75 Å². The van der Waals surface area contributed by atoms with Crippen LogP contribution >= 0.6 is 32.9 Å². The first-order valence-corrected chi connectivity index (χ1v) is 10.9. The fourth-order valence-electron chi connectivity index (χ4n) is 1.65. The van der Waals surface area contributed by atoms with Crippen molar-refractivity contribution >= 4 is 44.8 Å². The van der Waals surface area contributed by atoms with Gasteiger partial charge in [-0.15, -0.1) is 0 Å². The Hall–Kier alpha value is -1.01. The third-order valence-electron chi connectivity index (χ3n) is 3.85. The van der Waals surface area contributed by atoms with Gasteiger partial charge in [0.1, 0.15) is 5.75 Å². The molecule has 0 heterocycles. The van der Waals surface area contributed by atoms with E-state index in [-0.39, 0.29) is 4.75 Å². The second-order valence-corrected chi connectivity index (χ2v) is 11.8. The molecule has 0 radical (unpaired) electrons. The van der Waals surface area contributed by atoms with Gasteiger partial charge >= 0.3 is 0 Å². The van der Waals surface area contributed by atoms with E-state index in [4.69, 9.17) is 4.18 Å². The van der Waals surface area contributed by atoms with Gasteiger partial charge < -0.3 is 4.18 Å². The fourth-order valence-corrected chi connectivity index (χ4v) is 2.85. The summed E-state index contributed by atoms with van der Waals surface area (Å²) < 4.78 is 7.60. The van der Waals surface area contributed by atoms with Crippen molar-refractivity contribution < 1.29 is 4.18 Å². The summed E-state index contributed by atoms with van der Waals surface area (Å²) in [5.74, 6) is 0.923. The van der Waals surface area contributed by atoms with Crippen LogP contribution in [0.1, 0.15) is 26.3 Å². The molecule has 124 valence electrons. The maximum atomic E-state index is 6.24. The summed E-state index contributed by atoms with van der Waals surface area (Å²) in [6.45, 7) is 6.68. The van der Waals surface area contributed by atoms with Gasteiger partial charge in [0, 0.05) is 14.5 Å². The van der Waals surface area contributed by atoms with Gasteiger partial charge in [0.05, 0.1) is 5.69 Å². The average molecular weight is 441 g/mol. The van der Waals surface area contributed by atoms with E-state index < -0.39 is 10.3 Å². The monoisotopic (exact) mass is 441 g/mol. The fraction of sp³-hybridized carbons (Fsp3) is 0.316. The van der Waals surface area contributed by atoms with Gasteiger partial charge in [0.2, 0.25) is 0 Å². The average Bonchev–Trinajstić information content (AvgIpc) is 2.47. The summed E-state index contributed by atoms with van der Waals surface area (Å²) >= 11 is 2.29. The topological polar surface area (TPSA) is 21.6 Å². The maximum Gasteiger partial charge on any atom is 0.134 e. The highest BCUT2D eigenvalue weighted by molar-refractivity contribution is 14.1. The number of hydrogen-bond donors (Lipinski definition) is 0. The quantitative estimate of drug-likeness (QED) is 0.409. The normalized spacial score (nSPS) is 13.3. The van der Waals surface area contributed by atoms with Crippen molar-refractivity contribution in [1.82, 2.24) is 0 Å². The summed E-state index contributed by atoms with van der Waals surface area (Å²) in [7, 11) is -1.16. The Bertz CT molecular complexity index is 670. The lowest BCUT2D eigenvalue weighted by Crippen LogP contribution is -2.27. The molecule has 0 N–H and O–H groups in total. The number of benzene rings is 2. The maximum absolute atomic E-state index is 6.24. The van der Waals surface area contributed by atoms with Gasteiger partial charge in [-0.3, -0.25) is 4.99 Å². The van der Waals surface area contributed by atoms with Gasteiger partial charge in [-0.1, -0.05) is 10.3 Å². The lowest BCUT2D eigenvalue weighted by atomic mass is 10.2. The number of rotatable bonds is 4. The lowest BCUT2D eigenvalue weighted by molar-refractivity contribution is 0.587. The zero-order valence-corrected chi connectivity index (χ0v) is 17.3. The van der Waals surface area contributed by atoms with Crippen molar-refractivity contribution in [3.8, 4) is 5.75 Å². The smallest absolute Gasteiger partial charge is 0.134 e. The predicted octanol–water partition coefficient (Wildman–Crippen LogP) is 6.20. The highest BCUT2D eigenvalue weighted by Crippen LogP contribution is 2.53. The molecule has 0 saturated heterocycles. The summed E-state index contributed by atoms with van der Waals surface area (Å²) in [5.41, 5.74) is 2.03. The summed E-state index contributed by atoms with van der Waals surface area (Å²) in [5, 5.41) is 0. The predicted molar refractivity (Wildman–Crippen MR) is 113 cm³/mol. The second kappa shape index (κ2) is 7.26. The van der Waals surface area contributed by atoms with E-state index in [9.17, 15) is 0 Å². The Kier molecular flexibility index (Phi) is 5.79. The van der Waals surface area contributed by atoms with Gasteiger partial charge in [-0.2, -0.15) is 0 Å². The molecular formula is C19H24INOS. The van der Waals surface area contributed by atoms with Crippen molar-refractivity contribution in [2.75, 3.05) is 12.5 Å². The van der Waals surface area contributed by atoms with E-state index in [1.54, 1.807) is 0 Å². The molecule has 0 atom stereocenters. The van der Waals surface area contributed by atoms with E-state index in [1.165, 1.54) is 3.57 Å². The largest absolute Gasteiger partial charge is 0.449 e. The molecule has 2 aromatic rings. The highest BCUT2D eigenvalue weighted by atomic mass is 127. The molecule has 0 bridgehead atoms. The van der Waals surface area contributed by atoms with E-state index in [0.717, 1.165) is 17.0 Å². The Labute approximate surface area is 155 Å². The van der Waals surface area contributed by atoms with Crippen molar-refractivity contribution in [2.24, 2.45) is 4.99 Å². The van der Waals surface area contributed by atoms with Crippen LogP contribution < -0.4 is 4.18 Å². The number of aliphatic imine (C=N–C) groups is 1. The van der Waals surface area contributed by atoms with Gasteiger partial charge in [-0.25, -0.2) is 0 Å². The molecule has 0 fully saturated rings. The molecule has 0 aliphatic heterocycles. The summed E-state index contributed by atoms with van der Waals surface area (Å²) in [6, 6.07) is 16.3. The van der Waals surface area contributed by atoms with Crippen LogP contribution in [-0.4, -0.2) is 23.5 Å². The van der Waals surface area contributed by atoms with Crippen LogP contribution in [0, 0.1) is 3.57 Å². The molecule has 2 rings (SSSR count). The Morgan fingerprint density at radius 2 is 1.52 bits per heavy atom. The Morgan fingerprint density at radius 1 is 0.957 bits per heavy atom. The van der Waals surface area contributed by atoms with Gasteiger partial charge in [0.25, 0.3) is 0 Å². The zero-order valence-electron chi connectivity index (χ0n) is 14.3. The number of halogens is 1. The van der Waals surface area contributed by atoms with Crippen LogP contribution in [0.2, 0.25) is 0 Å². The SMILES string of the molecule is CC(C)(C)S(C)(C)Oc1ccc(C=Nc2ccc(I)cc2)cc1. The van der Waals surface area contributed by atoms with Crippen LogP contribution in [0.4, 0.5) is 5.69 Å². The minimum atomic E-state index is -1.16. The Balaban J connectivity index is 2.06. The molecular weight excluding hydrogens is 417 g/mol. The van der Waals surface area contributed by atoms with E-state index >= 15 is 0 Å². The minimum Gasteiger partial charge on any atom is -0.449 e. The van der Waals surface area contributed by atoms with E-state index in [0.29, 0.717) is 0 Å². The molecule has 23 heavy (non-hydrogen) atoms. The van der Waals surface area contributed by atoms with Crippen molar-refractivity contribution in [1.29, 1.82) is 0 Å². The third-order valence-corrected chi connectivity index (χ3v) is 8.13. The third kappa shape index (κ3) is 5.24. The lowest BCUT2D eigenvalue weighted by Gasteiger charge is -2.43. The molecule has 0 aliphatic carbocycles. The number of nitrogens with zero attached hydrogens (tertiary/aromatic N) is 1. The summed E-state index contributed by atoms with van der Waals surface area (Å²) in [6.07, 6.45) is 6.30. The van der Waals surface area contributed by atoms with E-state index in [2.05, 4.69) is 73.0 Å². The highest BCUT2D eigenvalue weighted by Gasteiger charge is 2.29. The van der Waals surface area contributed by atoms with Crippen LogP contribution in [0.15, 0.2) is 53.5 Å². The first-order chi connectivity index (χ1) is 10.7. The van der Waals surface area contributed by atoms with Crippen molar-refractivity contribution in [3.05, 3.63) is 57.7 Å². The molecule has 0 aliphatic rings. The molecule has 2 nitrogen and oxygen atoms in total. The second-order valence-electron chi connectivity index (χ2n) is 6.73. The molecule has 0 saturated carbocycles. The minimum absolute atomic E-state index is 0.151. The first-order valence-electron chi connectivity index (χ1n) is 7.49. The zero-order chi connectivity index (χ0) is 17.1. The number of hydrogen-bond acceptors (Lipinski definition) is 2. The first kappa shape index (κ1) is 18.3. The standard InChI is InChI=1S/C19H24INOS/c1-19(2,3)23(4,5)22-18-12-6-15(7-13-18)14-21-17-10-8-16(20)9-11-17/h6-14H,1-5H3. The molecule has 0 spiro atoms. The van der Waals surface area contributed by atoms with Crippen molar-refractivity contribution in [3.63, 3.8) is 0 Å². The summed E-state index contributed by atoms with van der Waals surface area (Å²) in [4.78, 5) is 4.50. The molecule has 0 amide bonds. The van der Waals surface area contributed by atoms with Crippen LogP contribution in [0.25, 0.3) is 0 Å². The van der Waals surface area contributed by atoms with Crippen LogP contribution in [0.3, 0.4) is 0 Å². The van der Waals surface area contributed by atoms with Gasteiger partial charge in [0.15, 0.2) is 0 Å². The molecule has 0 unspecified atom stereocenters. The molecule has 4 heteroatoms.